The van der Waals surface area contributed by atoms with Crippen molar-refractivity contribution in [2.24, 2.45) is 10.7 Å². The molecule has 1 atom stereocenters. The lowest BCUT2D eigenvalue weighted by molar-refractivity contribution is 0.0331. The van der Waals surface area contributed by atoms with Crippen LogP contribution >= 0.6 is 0 Å². The zero-order valence-corrected chi connectivity index (χ0v) is 14.0. The second-order valence-corrected chi connectivity index (χ2v) is 5.56. The lowest BCUT2D eigenvalue weighted by Gasteiger charge is -2.10. The first-order valence-electron chi connectivity index (χ1n) is 8.13. The highest BCUT2D eigenvalue weighted by atomic mass is 16.5. The summed E-state index contributed by atoms with van der Waals surface area (Å²) in [5.41, 5.74) is 9.05. The molecule has 5 nitrogen and oxygen atoms in total. The van der Waals surface area contributed by atoms with E-state index in [2.05, 4.69) is 17.2 Å². The Morgan fingerprint density at radius 3 is 2.50 bits per heavy atom. The van der Waals surface area contributed by atoms with E-state index in [1.54, 1.807) is 0 Å². The van der Waals surface area contributed by atoms with E-state index in [1.165, 1.54) is 5.56 Å². The standard InChI is InChI=1S/C19H25N3O2/c1-2-15-8-10-17(11-9-15)22-19(20)21-12-18(23)14-24-13-16-6-4-3-5-7-16/h3-11,18,23H,2,12-14H2,1H3,(H3,20,21,22). The predicted molar refractivity (Wildman–Crippen MR) is 98.0 cm³/mol. The first-order chi connectivity index (χ1) is 11.7. The number of rotatable bonds is 8. The number of anilines is 1. The molecule has 2 rings (SSSR count). The molecule has 24 heavy (non-hydrogen) atoms. The van der Waals surface area contributed by atoms with Gasteiger partial charge in [0.25, 0.3) is 0 Å². The number of guanidine groups is 1. The third-order valence-corrected chi connectivity index (χ3v) is 3.53. The Morgan fingerprint density at radius 2 is 1.83 bits per heavy atom. The van der Waals surface area contributed by atoms with Crippen LogP contribution in [-0.4, -0.2) is 30.3 Å². The summed E-state index contributed by atoms with van der Waals surface area (Å²) in [6.07, 6.45) is 0.315. The Bertz CT molecular complexity index is 627. The zero-order chi connectivity index (χ0) is 17.2. The molecule has 0 saturated carbocycles. The van der Waals surface area contributed by atoms with Crippen LogP contribution in [-0.2, 0) is 17.8 Å². The van der Waals surface area contributed by atoms with Gasteiger partial charge in [0.05, 0.1) is 25.9 Å². The van der Waals surface area contributed by atoms with E-state index >= 15 is 0 Å². The van der Waals surface area contributed by atoms with Gasteiger partial charge in [-0.1, -0.05) is 49.4 Å². The van der Waals surface area contributed by atoms with Crippen molar-refractivity contribution in [3.63, 3.8) is 0 Å². The molecule has 5 heteroatoms. The third kappa shape index (κ3) is 6.40. The van der Waals surface area contributed by atoms with Gasteiger partial charge >= 0.3 is 0 Å². The van der Waals surface area contributed by atoms with E-state index in [1.807, 2.05) is 54.6 Å². The second-order valence-electron chi connectivity index (χ2n) is 5.56. The molecule has 0 aliphatic heterocycles. The van der Waals surface area contributed by atoms with Crippen molar-refractivity contribution in [2.75, 3.05) is 18.5 Å². The molecule has 0 spiro atoms. The van der Waals surface area contributed by atoms with Gasteiger partial charge in [0.1, 0.15) is 0 Å². The summed E-state index contributed by atoms with van der Waals surface area (Å²) in [6.45, 7) is 3.00. The second kappa shape index (κ2) is 9.70. The van der Waals surface area contributed by atoms with Gasteiger partial charge in [-0.15, -0.1) is 0 Å². The summed E-state index contributed by atoms with van der Waals surface area (Å²) in [5.74, 6) is 0.279. The van der Waals surface area contributed by atoms with Crippen LogP contribution in [0.2, 0.25) is 0 Å². The van der Waals surface area contributed by atoms with Crippen molar-refractivity contribution in [1.82, 2.24) is 0 Å². The van der Waals surface area contributed by atoms with Crippen LogP contribution in [0.5, 0.6) is 0 Å². The van der Waals surface area contributed by atoms with Gasteiger partial charge in [0.2, 0.25) is 0 Å². The molecule has 0 bridgehead atoms. The SMILES string of the molecule is CCc1ccc(NC(N)=NCC(O)COCc2ccccc2)cc1. The minimum Gasteiger partial charge on any atom is -0.389 e. The monoisotopic (exact) mass is 327 g/mol. The number of aliphatic imine (C=N–C) groups is 1. The number of aryl methyl sites for hydroxylation is 1. The molecular weight excluding hydrogens is 302 g/mol. The van der Waals surface area contributed by atoms with Gasteiger partial charge in [-0.3, -0.25) is 4.99 Å². The fraction of sp³-hybridized carbons (Fsp3) is 0.316. The maximum atomic E-state index is 9.90. The molecule has 0 aliphatic rings. The van der Waals surface area contributed by atoms with Crippen LogP contribution < -0.4 is 11.1 Å². The van der Waals surface area contributed by atoms with Crippen LogP contribution in [0, 0.1) is 0 Å². The van der Waals surface area contributed by atoms with Gasteiger partial charge in [0.15, 0.2) is 5.96 Å². The fourth-order valence-electron chi connectivity index (χ4n) is 2.15. The molecule has 4 N–H and O–H groups in total. The average molecular weight is 327 g/mol. The van der Waals surface area contributed by atoms with Crippen molar-refractivity contribution in [2.45, 2.75) is 26.1 Å². The smallest absolute Gasteiger partial charge is 0.193 e. The van der Waals surface area contributed by atoms with Gasteiger partial charge in [0, 0.05) is 5.69 Å². The molecule has 0 radical (unpaired) electrons. The van der Waals surface area contributed by atoms with Crippen LogP contribution in [0.25, 0.3) is 0 Å². The molecule has 0 amide bonds. The number of aliphatic hydroxyl groups is 1. The topological polar surface area (TPSA) is 79.9 Å². The number of benzene rings is 2. The van der Waals surface area contributed by atoms with Crippen molar-refractivity contribution in [3.05, 3.63) is 65.7 Å². The number of hydrogen-bond donors (Lipinski definition) is 3. The molecule has 0 aliphatic carbocycles. The highest BCUT2D eigenvalue weighted by molar-refractivity contribution is 5.92. The number of nitrogens with one attached hydrogen (secondary N) is 1. The lowest BCUT2D eigenvalue weighted by Crippen LogP contribution is -2.26. The van der Waals surface area contributed by atoms with Crippen molar-refractivity contribution < 1.29 is 9.84 Å². The van der Waals surface area contributed by atoms with E-state index in [0.29, 0.717) is 6.61 Å². The van der Waals surface area contributed by atoms with Gasteiger partial charge in [-0.05, 0) is 29.7 Å². The number of hydrogen-bond acceptors (Lipinski definition) is 3. The molecular formula is C19H25N3O2. The predicted octanol–water partition coefficient (Wildman–Crippen LogP) is 2.55. The van der Waals surface area contributed by atoms with E-state index in [-0.39, 0.29) is 19.1 Å². The summed E-state index contributed by atoms with van der Waals surface area (Å²) < 4.78 is 5.48. The Morgan fingerprint density at radius 1 is 1.12 bits per heavy atom. The summed E-state index contributed by atoms with van der Waals surface area (Å²) in [7, 11) is 0. The van der Waals surface area contributed by atoms with Crippen LogP contribution in [0.1, 0.15) is 18.1 Å². The molecule has 128 valence electrons. The number of nitrogens with zero attached hydrogens (tertiary/aromatic N) is 1. The Kier molecular flexibility index (Phi) is 7.26. The quantitative estimate of drug-likeness (QED) is 0.514. The molecule has 2 aromatic rings. The molecule has 2 aromatic carbocycles. The van der Waals surface area contributed by atoms with Crippen LogP contribution in [0.4, 0.5) is 5.69 Å². The first kappa shape index (κ1) is 18.0. The molecule has 1 unspecified atom stereocenters. The Labute approximate surface area is 143 Å². The highest BCUT2D eigenvalue weighted by Gasteiger charge is 2.04. The lowest BCUT2D eigenvalue weighted by atomic mass is 10.1. The average Bonchev–Trinajstić information content (AvgIpc) is 2.61. The third-order valence-electron chi connectivity index (χ3n) is 3.53. The minimum absolute atomic E-state index is 0.195. The summed E-state index contributed by atoms with van der Waals surface area (Å²) in [4.78, 5) is 4.14. The van der Waals surface area contributed by atoms with Gasteiger partial charge in [-0.2, -0.15) is 0 Å². The summed E-state index contributed by atoms with van der Waals surface area (Å²) in [6, 6.07) is 17.8. The van der Waals surface area contributed by atoms with Crippen molar-refractivity contribution in [1.29, 1.82) is 0 Å². The van der Waals surface area contributed by atoms with E-state index < -0.39 is 6.10 Å². The molecule has 0 heterocycles. The van der Waals surface area contributed by atoms with Crippen LogP contribution in [0.15, 0.2) is 59.6 Å². The molecule has 0 aromatic heterocycles. The Balaban J connectivity index is 1.70. The van der Waals surface area contributed by atoms with Crippen LogP contribution in [0.3, 0.4) is 0 Å². The zero-order valence-electron chi connectivity index (χ0n) is 14.0. The number of aliphatic hydroxyl groups excluding tert-OH is 1. The summed E-state index contributed by atoms with van der Waals surface area (Å²) in [5, 5.41) is 12.9. The summed E-state index contributed by atoms with van der Waals surface area (Å²) >= 11 is 0. The van der Waals surface area contributed by atoms with Crippen molar-refractivity contribution in [3.8, 4) is 0 Å². The Hall–Kier alpha value is -2.37. The van der Waals surface area contributed by atoms with Gasteiger partial charge in [-0.25, -0.2) is 0 Å². The normalized spacial score (nSPS) is 12.8. The van der Waals surface area contributed by atoms with Crippen molar-refractivity contribution >= 4 is 11.6 Å². The molecule has 0 fully saturated rings. The first-order valence-corrected chi connectivity index (χ1v) is 8.13. The molecule has 0 saturated heterocycles. The fourth-order valence-corrected chi connectivity index (χ4v) is 2.15. The van der Waals surface area contributed by atoms with E-state index in [9.17, 15) is 5.11 Å². The van der Waals surface area contributed by atoms with E-state index in [0.717, 1.165) is 17.7 Å². The van der Waals surface area contributed by atoms with Gasteiger partial charge < -0.3 is 20.9 Å². The maximum absolute atomic E-state index is 9.90. The highest BCUT2D eigenvalue weighted by Crippen LogP contribution is 2.09. The van der Waals surface area contributed by atoms with E-state index in [4.69, 9.17) is 10.5 Å². The largest absolute Gasteiger partial charge is 0.389 e. The number of ether oxygens (including phenoxy) is 1. The minimum atomic E-state index is -0.684. The number of nitrogens with two attached hydrogens (primary N) is 1. The maximum Gasteiger partial charge on any atom is 0.193 e.